The van der Waals surface area contributed by atoms with E-state index in [1.165, 1.54) is 23.3 Å². The van der Waals surface area contributed by atoms with Crippen LogP contribution in [-0.4, -0.2) is 26.5 Å². The predicted molar refractivity (Wildman–Crippen MR) is 128 cm³/mol. The number of halogens is 1. The highest BCUT2D eigenvalue weighted by Gasteiger charge is 2.30. The molecule has 3 aromatic rings. The minimum Gasteiger partial charge on any atom is -0.358 e. The number of hydrogen-bond acceptors (Lipinski definition) is 4. The summed E-state index contributed by atoms with van der Waals surface area (Å²) in [5.41, 5.74) is 14.8. The summed E-state index contributed by atoms with van der Waals surface area (Å²) in [6.07, 6.45) is 0. The van der Waals surface area contributed by atoms with Gasteiger partial charge in [0.05, 0.1) is 17.8 Å². The van der Waals surface area contributed by atoms with Crippen molar-refractivity contribution in [3.05, 3.63) is 83.2 Å². The van der Waals surface area contributed by atoms with Gasteiger partial charge in [0.1, 0.15) is 23.2 Å². The molecule has 1 aromatic heterocycles. The fraction of sp³-hybridized carbons (Fsp3) is 0.308. The Bertz CT molecular complexity index is 1190. The molecule has 0 amide bonds. The molecule has 3 N–H and O–H groups in total. The van der Waals surface area contributed by atoms with Crippen LogP contribution in [0.1, 0.15) is 30.8 Å². The van der Waals surface area contributed by atoms with Crippen molar-refractivity contribution in [1.29, 1.82) is 0 Å². The molecule has 0 unspecified atom stereocenters. The van der Waals surface area contributed by atoms with Gasteiger partial charge in [-0.3, -0.25) is 0 Å². The van der Waals surface area contributed by atoms with Crippen molar-refractivity contribution in [2.24, 2.45) is 5.73 Å². The lowest BCUT2D eigenvalue weighted by Crippen LogP contribution is -2.45. The SMILES string of the molecule is C=C=C(N1CCn2c(nc(-c3ccc(F)cc3)c2Nc2ccc(C)c(C)c2)C1)C(C)(C)N. The summed E-state index contributed by atoms with van der Waals surface area (Å²) < 4.78 is 15.8. The zero-order valence-corrected chi connectivity index (χ0v) is 19.2. The topological polar surface area (TPSA) is 59.1 Å². The van der Waals surface area contributed by atoms with E-state index in [-0.39, 0.29) is 5.82 Å². The Morgan fingerprint density at radius 1 is 1.12 bits per heavy atom. The van der Waals surface area contributed by atoms with E-state index in [1.807, 2.05) is 13.8 Å². The number of aromatic nitrogens is 2. The predicted octanol–water partition coefficient (Wildman–Crippen LogP) is 5.27. The number of rotatable bonds is 5. The van der Waals surface area contributed by atoms with Crippen LogP contribution >= 0.6 is 0 Å². The van der Waals surface area contributed by atoms with Crippen molar-refractivity contribution in [3.63, 3.8) is 0 Å². The largest absolute Gasteiger partial charge is 0.358 e. The van der Waals surface area contributed by atoms with Crippen molar-refractivity contribution in [3.8, 4) is 11.3 Å². The number of hydrogen-bond donors (Lipinski definition) is 2. The maximum atomic E-state index is 13.6. The number of anilines is 2. The second kappa shape index (κ2) is 8.30. The maximum absolute atomic E-state index is 13.6. The molecule has 32 heavy (non-hydrogen) atoms. The lowest BCUT2D eigenvalue weighted by molar-refractivity contribution is 0.242. The lowest BCUT2D eigenvalue weighted by atomic mass is 10.0. The Morgan fingerprint density at radius 3 is 2.47 bits per heavy atom. The molecule has 0 saturated carbocycles. The summed E-state index contributed by atoms with van der Waals surface area (Å²) in [4.78, 5) is 7.15. The van der Waals surface area contributed by atoms with Gasteiger partial charge in [-0.05, 0) is 75.2 Å². The van der Waals surface area contributed by atoms with Crippen LogP contribution in [-0.2, 0) is 13.1 Å². The van der Waals surface area contributed by atoms with Crippen LogP contribution < -0.4 is 11.1 Å². The van der Waals surface area contributed by atoms with E-state index in [1.54, 1.807) is 12.1 Å². The van der Waals surface area contributed by atoms with Gasteiger partial charge in [0.2, 0.25) is 0 Å². The molecule has 0 aliphatic carbocycles. The summed E-state index contributed by atoms with van der Waals surface area (Å²) in [6.45, 7) is 14.1. The summed E-state index contributed by atoms with van der Waals surface area (Å²) >= 11 is 0. The van der Waals surface area contributed by atoms with E-state index in [0.29, 0.717) is 6.54 Å². The van der Waals surface area contributed by atoms with E-state index >= 15 is 0 Å². The minimum atomic E-state index is -0.545. The Balaban J connectivity index is 1.77. The molecule has 0 fully saturated rings. The smallest absolute Gasteiger partial charge is 0.138 e. The number of benzene rings is 2. The third-order valence-corrected chi connectivity index (χ3v) is 5.95. The molecule has 1 aliphatic rings. The fourth-order valence-electron chi connectivity index (χ4n) is 4.16. The van der Waals surface area contributed by atoms with Crippen molar-refractivity contribution in [1.82, 2.24) is 14.5 Å². The van der Waals surface area contributed by atoms with Gasteiger partial charge in [0.15, 0.2) is 0 Å². The van der Waals surface area contributed by atoms with Crippen LogP contribution in [0.4, 0.5) is 15.9 Å². The van der Waals surface area contributed by atoms with Crippen LogP contribution in [0.15, 0.2) is 60.5 Å². The molecular weight excluding hydrogens is 401 g/mol. The molecule has 0 atom stereocenters. The quantitative estimate of drug-likeness (QED) is 0.540. The van der Waals surface area contributed by atoms with E-state index in [0.717, 1.165) is 47.4 Å². The maximum Gasteiger partial charge on any atom is 0.138 e. The van der Waals surface area contributed by atoms with Crippen LogP contribution in [0.25, 0.3) is 11.3 Å². The highest BCUT2D eigenvalue weighted by molar-refractivity contribution is 5.77. The monoisotopic (exact) mass is 431 g/mol. The van der Waals surface area contributed by atoms with Crippen molar-refractivity contribution < 1.29 is 4.39 Å². The van der Waals surface area contributed by atoms with Gasteiger partial charge < -0.3 is 20.5 Å². The van der Waals surface area contributed by atoms with Gasteiger partial charge in [-0.25, -0.2) is 9.37 Å². The minimum absolute atomic E-state index is 0.265. The summed E-state index contributed by atoms with van der Waals surface area (Å²) in [5, 5.41) is 3.58. The second-order valence-electron chi connectivity index (χ2n) is 8.98. The first-order chi connectivity index (χ1) is 15.2. The first kappa shape index (κ1) is 21.9. The van der Waals surface area contributed by atoms with Crippen LogP contribution in [0.2, 0.25) is 0 Å². The normalized spacial score (nSPS) is 13.5. The Labute approximate surface area is 189 Å². The molecule has 0 radical (unpaired) electrons. The van der Waals surface area contributed by atoms with Gasteiger partial charge in [0.25, 0.3) is 0 Å². The number of nitrogens with one attached hydrogen (secondary N) is 1. The fourth-order valence-corrected chi connectivity index (χ4v) is 4.16. The first-order valence-corrected chi connectivity index (χ1v) is 10.8. The van der Waals surface area contributed by atoms with Crippen LogP contribution in [0.3, 0.4) is 0 Å². The second-order valence-corrected chi connectivity index (χ2v) is 8.98. The van der Waals surface area contributed by atoms with Gasteiger partial charge in [-0.1, -0.05) is 12.6 Å². The van der Waals surface area contributed by atoms with Gasteiger partial charge in [0, 0.05) is 24.3 Å². The number of aryl methyl sites for hydroxylation is 2. The van der Waals surface area contributed by atoms with Crippen molar-refractivity contribution in [2.45, 2.75) is 46.3 Å². The molecule has 0 spiro atoms. The molecule has 0 bridgehead atoms. The molecule has 0 saturated heterocycles. The highest BCUT2D eigenvalue weighted by Crippen LogP contribution is 2.35. The standard InChI is InChI=1S/C26H30FN5/c1-6-22(26(4,5)28)31-13-14-32-23(16-31)30-24(19-8-10-20(27)11-9-19)25(32)29-21-12-7-17(2)18(3)15-21/h7-12,15,29H,1,13-14,16,28H2,2-5H3. The first-order valence-electron chi connectivity index (χ1n) is 10.8. The highest BCUT2D eigenvalue weighted by atomic mass is 19.1. The van der Waals surface area contributed by atoms with E-state index in [9.17, 15) is 4.39 Å². The van der Waals surface area contributed by atoms with E-state index in [4.69, 9.17) is 10.7 Å². The summed E-state index contributed by atoms with van der Waals surface area (Å²) in [6, 6.07) is 12.8. The molecule has 1 aliphatic heterocycles. The molecule has 2 heterocycles. The van der Waals surface area contributed by atoms with Crippen LogP contribution in [0, 0.1) is 19.7 Å². The van der Waals surface area contributed by atoms with E-state index < -0.39 is 5.54 Å². The zero-order valence-electron chi connectivity index (χ0n) is 19.2. The number of fused-ring (bicyclic) bond motifs is 1. The number of nitrogens with zero attached hydrogens (tertiary/aromatic N) is 3. The third kappa shape index (κ3) is 4.20. The number of nitrogens with two attached hydrogens (primary N) is 1. The Morgan fingerprint density at radius 2 is 1.84 bits per heavy atom. The Hall–Kier alpha value is -3.34. The lowest BCUT2D eigenvalue weighted by Gasteiger charge is -2.36. The summed E-state index contributed by atoms with van der Waals surface area (Å²) in [5.74, 6) is 1.56. The molecule has 6 heteroatoms. The summed E-state index contributed by atoms with van der Waals surface area (Å²) in [7, 11) is 0. The van der Waals surface area contributed by atoms with Gasteiger partial charge in [-0.15, -0.1) is 5.73 Å². The van der Waals surface area contributed by atoms with Gasteiger partial charge >= 0.3 is 0 Å². The number of imidazole rings is 1. The van der Waals surface area contributed by atoms with Crippen molar-refractivity contribution >= 4 is 11.5 Å². The van der Waals surface area contributed by atoms with E-state index in [2.05, 4.69) is 59.1 Å². The van der Waals surface area contributed by atoms with Crippen LogP contribution in [0.5, 0.6) is 0 Å². The Kier molecular flexibility index (Phi) is 5.68. The molecule has 5 nitrogen and oxygen atoms in total. The average Bonchev–Trinajstić information content (AvgIpc) is 3.08. The molecule has 166 valence electrons. The zero-order chi connectivity index (χ0) is 23.0. The van der Waals surface area contributed by atoms with Crippen molar-refractivity contribution in [2.75, 3.05) is 11.9 Å². The molecule has 4 rings (SSSR count). The molecule has 2 aromatic carbocycles. The molecular formula is C26H30FN5. The average molecular weight is 432 g/mol. The van der Waals surface area contributed by atoms with Gasteiger partial charge in [-0.2, -0.15) is 0 Å². The third-order valence-electron chi connectivity index (χ3n) is 5.95.